The normalized spacial score (nSPS) is 29.9. The van der Waals surface area contributed by atoms with Gasteiger partial charge in [0.1, 0.15) is 0 Å². The smallest absolute Gasteiger partial charge is 0.163 e. The Morgan fingerprint density at radius 3 is 3.00 bits per heavy atom. The topological polar surface area (TPSA) is 26.3 Å². The molecule has 2 atom stereocenters. The van der Waals surface area contributed by atoms with Gasteiger partial charge in [-0.1, -0.05) is 24.3 Å². The average Bonchev–Trinajstić information content (AvgIpc) is 2.66. The van der Waals surface area contributed by atoms with Gasteiger partial charge in [-0.15, -0.1) is 0 Å². The van der Waals surface area contributed by atoms with Crippen LogP contribution in [0.1, 0.15) is 28.3 Å². The second-order valence-electron chi connectivity index (χ2n) is 4.12. The number of Topliss-reactive ketones (excluding diaryl/α,β-unsaturated/α-hetero) is 1. The van der Waals surface area contributed by atoms with Crippen LogP contribution in [0.5, 0.6) is 0 Å². The monoisotopic (exact) mass is 188 g/mol. The molecule has 0 amide bonds. The minimum atomic E-state index is 0.285. The first-order chi connectivity index (χ1) is 6.86. The summed E-state index contributed by atoms with van der Waals surface area (Å²) in [6.07, 6.45) is 0.668. The summed E-state index contributed by atoms with van der Waals surface area (Å²) < 4.78 is 5.44. The van der Waals surface area contributed by atoms with E-state index >= 15 is 0 Å². The van der Waals surface area contributed by atoms with Crippen molar-refractivity contribution in [3.05, 3.63) is 35.4 Å². The van der Waals surface area contributed by atoms with Crippen LogP contribution in [0, 0.1) is 5.92 Å². The first kappa shape index (κ1) is 8.18. The minimum absolute atomic E-state index is 0.285. The van der Waals surface area contributed by atoms with E-state index in [0.29, 0.717) is 18.3 Å². The van der Waals surface area contributed by atoms with Crippen molar-refractivity contribution in [3.63, 3.8) is 0 Å². The molecule has 0 spiro atoms. The van der Waals surface area contributed by atoms with Crippen LogP contribution in [-0.4, -0.2) is 19.0 Å². The zero-order valence-electron chi connectivity index (χ0n) is 7.90. The van der Waals surface area contributed by atoms with Gasteiger partial charge in [-0.3, -0.25) is 4.79 Å². The Morgan fingerprint density at radius 1 is 1.21 bits per heavy atom. The van der Waals surface area contributed by atoms with Crippen molar-refractivity contribution in [2.75, 3.05) is 13.2 Å². The first-order valence-corrected chi connectivity index (χ1v) is 5.06. The van der Waals surface area contributed by atoms with Crippen molar-refractivity contribution in [2.24, 2.45) is 5.92 Å². The lowest BCUT2D eigenvalue weighted by Crippen LogP contribution is -2.23. The molecule has 1 aromatic rings. The van der Waals surface area contributed by atoms with Crippen molar-refractivity contribution in [2.45, 2.75) is 12.3 Å². The third-order valence-electron chi connectivity index (χ3n) is 3.31. The maximum Gasteiger partial charge on any atom is 0.163 e. The van der Waals surface area contributed by atoms with Gasteiger partial charge in [0.2, 0.25) is 0 Å². The molecule has 1 aromatic carbocycles. The number of hydrogen-bond acceptors (Lipinski definition) is 2. The number of rotatable bonds is 0. The van der Waals surface area contributed by atoms with Gasteiger partial charge in [-0.2, -0.15) is 0 Å². The van der Waals surface area contributed by atoms with Crippen molar-refractivity contribution in [1.82, 2.24) is 0 Å². The molecule has 1 heterocycles. The average molecular weight is 188 g/mol. The second-order valence-corrected chi connectivity index (χ2v) is 4.12. The van der Waals surface area contributed by atoms with Crippen LogP contribution >= 0.6 is 0 Å². The van der Waals surface area contributed by atoms with Crippen LogP contribution in [0.4, 0.5) is 0 Å². The van der Waals surface area contributed by atoms with Crippen LogP contribution in [0.25, 0.3) is 0 Å². The predicted octanol–water partition coefficient (Wildman–Crippen LogP) is 2.00. The molecule has 72 valence electrons. The van der Waals surface area contributed by atoms with Gasteiger partial charge in [0.05, 0.1) is 13.2 Å². The fourth-order valence-electron chi connectivity index (χ4n) is 2.57. The molecule has 1 aliphatic heterocycles. The Hall–Kier alpha value is -1.15. The molecule has 3 rings (SSSR count). The molecule has 0 N–H and O–H groups in total. The lowest BCUT2D eigenvalue weighted by Gasteiger charge is -2.25. The SMILES string of the molecule is O=C1C[C@H]2COC[C@H]2c2ccccc21. The van der Waals surface area contributed by atoms with E-state index in [1.807, 2.05) is 18.2 Å². The summed E-state index contributed by atoms with van der Waals surface area (Å²) in [7, 11) is 0. The van der Waals surface area contributed by atoms with Crippen LogP contribution in [0.2, 0.25) is 0 Å². The number of hydrogen-bond donors (Lipinski definition) is 0. The molecule has 2 nitrogen and oxygen atoms in total. The van der Waals surface area contributed by atoms with Crippen molar-refractivity contribution in [3.8, 4) is 0 Å². The number of fused-ring (bicyclic) bond motifs is 3. The van der Waals surface area contributed by atoms with Gasteiger partial charge in [-0.05, 0) is 11.5 Å². The Kier molecular flexibility index (Phi) is 1.71. The number of carbonyl (C=O) groups excluding carboxylic acids is 1. The van der Waals surface area contributed by atoms with Crippen LogP contribution in [0.15, 0.2) is 24.3 Å². The third-order valence-corrected chi connectivity index (χ3v) is 3.31. The zero-order chi connectivity index (χ0) is 9.54. The maximum absolute atomic E-state index is 11.8. The van der Waals surface area contributed by atoms with Gasteiger partial charge < -0.3 is 4.74 Å². The fraction of sp³-hybridized carbons (Fsp3) is 0.417. The van der Waals surface area contributed by atoms with Crippen LogP contribution in [-0.2, 0) is 4.74 Å². The van der Waals surface area contributed by atoms with E-state index in [1.54, 1.807) is 0 Å². The Balaban J connectivity index is 2.13. The molecule has 0 bridgehead atoms. The molecule has 1 fully saturated rings. The third kappa shape index (κ3) is 1.04. The number of ether oxygens (including phenoxy) is 1. The number of ketones is 1. The lowest BCUT2D eigenvalue weighted by atomic mass is 9.76. The summed E-state index contributed by atoms with van der Waals surface area (Å²) in [5.74, 6) is 1.17. The fourth-order valence-corrected chi connectivity index (χ4v) is 2.57. The summed E-state index contributed by atoms with van der Waals surface area (Å²) in [4.78, 5) is 11.8. The van der Waals surface area contributed by atoms with Gasteiger partial charge in [0.25, 0.3) is 0 Å². The Bertz CT molecular complexity index is 384. The molecule has 14 heavy (non-hydrogen) atoms. The predicted molar refractivity (Wildman–Crippen MR) is 52.4 cm³/mol. The van der Waals surface area contributed by atoms with Crippen LogP contribution in [0.3, 0.4) is 0 Å². The molecule has 0 aromatic heterocycles. The molecule has 1 aliphatic carbocycles. The molecular weight excluding hydrogens is 176 g/mol. The van der Waals surface area contributed by atoms with E-state index in [4.69, 9.17) is 4.74 Å². The van der Waals surface area contributed by atoms with E-state index in [1.165, 1.54) is 5.56 Å². The minimum Gasteiger partial charge on any atom is -0.380 e. The molecule has 2 aliphatic rings. The standard InChI is InChI=1S/C12H12O2/c13-12-5-8-6-14-7-11(8)9-3-1-2-4-10(9)12/h1-4,8,11H,5-7H2/t8-,11+/m0/s1. The largest absolute Gasteiger partial charge is 0.380 e. The molecule has 0 unspecified atom stereocenters. The summed E-state index contributed by atoms with van der Waals surface area (Å²) in [6, 6.07) is 7.95. The highest BCUT2D eigenvalue weighted by molar-refractivity contribution is 5.99. The van der Waals surface area contributed by atoms with Crippen LogP contribution < -0.4 is 0 Å². The van der Waals surface area contributed by atoms with Gasteiger partial charge in [-0.25, -0.2) is 0 Å². The van der Waals surface area contributed by atoms with Crippen molar-refractivity contribution >= 4 is 5.78 Å². The zero-order valence-corrected chi connectivity index (χ0v) is 7.90. The molecule has 0 saturated carbocycles. The van der Waals surface area contributed by atoms with Gasteiger partial charge in [0.15, 0.2) is 5.78 Å². The Morgan fingerprint density at radius 2 is 2.07 bits per heavy atom. The van der Waals surface area contributed by atoms with E-state index < -0.39 is 0 Å². The van der Waals surface area contributed by atoms with Gasteiger partial charge in [0, 0.05) is 17.9 Å². The van der Waals surface area contributed by atoms with Crippen molar-refractivity contribution in [1.29, 1.82) is 0 Å². The Labute approximate surface area is 82.9 Å². The quantitative estimate of drug-likeness (QED) is 0.622. The highest BCUT2D eigenvalue weighted by Gasteiger charge is 2.37. The lowest BCUT2D eigenvalue weighted by molar-refractivity contribution is 0.0940. The number of benzene rings is 1. The molecule has 2 heteroatoms. The summed E-state index contributed by atoms with van der Waals surface area (Å²) >= 11 is 0. The summed E-state index contributed by atoms with van der Waals surface area (Å²) in [5, 5.41) is 0. The first-order valence-electron chi connectivity index (χ1n) is 5.06. The summed E-state index contributed by atoms with van der Waals surface area (Å²) in [5.41, 5.74) is 2.12. The maximum atomic E-state index is 11.8. The molecular formula is C12H12O2. The highest BCUT2D eigenvalue weighted by atomic mass is 16.5. The number of carbonyl (C=O) groups is 1. The second kappa shape index (κ2) is 2.92. The summed E-state index contributed by atoms with van der Waals surface area (Å²) in [6.45, 7) is 1.54. The van der Waals surface area contributed by atoms with E-state index in [2.05, 4.69) is 6.07 Å². The van der Waals surface area contributed by atoms with E-state index in [-0.39, 0.29) is 5.78 Å². The molecule has 1 saturated heterocycles. The van der Waals surface area contributed by atoms with E-state index in [9.17, 15) is 4.79 Å². The van der Waals surface area contributed by atoms with Crippen molar-refractivity contribution < 1.29 is 9.53 Å². The molecule has 0 radical (unpaired) electrons. The highest BCUT2D eigenvalue weighted by Crippen LogP contribution is 2.39. The van der Waals surface area contributed by atoms with Gasteiger partial charge >= 0.3 is 0 Å². The van der Waals surface area contributed by atoms with E-state index in [0.717, 1.165) is 18.8 Å².